The zero-order chi connectivity index (χ0) is 22.8. The average Bonchev–Trinajstić information content (AvgIpc) is 3.32. The third-order valence-electron chi connectivity index (χ3n) is 4.73. The molecular formula is C20H22F2N4O5. The molecule has 3 aromatic heterocycles. The normalized spacial score (nSPS) is 11.8. The third kappa shape index (κ3) is 4.72. The second-order valence-electron chi connectivity index (χ2n) is 6.85. The summed E-state index contributed by atoms with van der Waals surface area (Å²) in [5, 5.41) is 34.1. The maximum atomic E-state index is 14.7. The number of aromatic hydroxyl groups is 1. The first-order chi connectivity index (χ1) is 14.7. The van der Waals surface area contributed by atoms with E-state index in [0.29, 0.717) is 24.2 Å². The van der Waals surface area contributed by atoms with Crippen LogP contribution in [0.5, 0.6) is 5.75 Å². The number of alkyl halides is 2. The Bertz CT molecular complexity index is 1060. The van der Waals surface area contributed by atoms with Crippen molar-refractivity contribution < 1.29 is 33.4 Å². The predicted octanol–water partition coefficient (Wildman–Crippen LogP) is 2.63. The Kier molecular flexibility index (Phi) is 6.37. The summed E-state index contributed by atoms with van der Waals surface area (Å²) in [7, 11) is 0. The molecule has 0 saturated heterocycles. The molecule has 3 heterocycles. The van der Waals surface area contributed by atoms with Crippen molar-refractivity contribution in [1.82, 2.24) is 14.7 Å². The van der Waals surface area contributed by atoms with E-state index < -0.39 is 24.5 Å². The maximum absolute atomic E-state index is 14.7. The van der Waals surface area contributed by atoms with E-state index in [0.717, 1.165) is 0 Å². The number of anilines is 1. The quantitative estimate of drug-likeness (QED) is 0.399. The summed E-state index contributed by atoms with van der Waals surface area (Å²) in [6.45, 7) is 3.93. The second-order valence-corrected chi connectivity index (χ2v) is 6.85. The van der Waals surface area contributed by atoms with Crippen molar-refractivity contribution in [1.29, 1.82) is 0 Å². The lowest BCUT2D eigenvalue weighted by Gasteiger charge is -2.16. The molecule has 0 aliphatic rings. The monoisotopic (exact) mass is 436 g/mol. The number of nitrogens with zero attached hydrogens (tertiary/aromatic N) is 3. The molecule has 11 heteroatoms. The van der Waals surface area contributed by atoms with Crippen molar-refractivity contribution in [2.45, 2.75) is 45.4 Å². The van der Waals surface area contributed by atoms with Crippen LogP contribution in [0.15, 0.2) is 35.2 Å². The Morgan fingerprint density at radius 2 is 2.03 bits per heavy atom. The number of halogens is 2. The van der Waals surface area contributed by atoms with E-state index in [1.165, 1.54) is 35.3 Å². The molecule has 0 unspecified atom stereocenters. The highest BCUT2D eigenvalue weighted by Crippen LogP contribution is 2.31. The van der Waals surface area contributed by atoms with Crippen LogP contribution in [0.3, 0.4) is 0 Å². The number of aliphatic hydroxyl groups is 2. The molecule has 1 amide bonds. The van der Waals surface area contributed by atoms with Gasteiger partial charge < -0.3 is 29.7 Å². The van der Waals surface area contributed by atoms with Crippen LogP contribution in [0.25, 0.3) is 11.4 Å². The molecular weight excluding hydrogens is 414 g/mol. The van der Waals surface area contributed by atoms with Crippen LogP contribution in [0, 0.1) is 0 Å². The minimum Gasteiger partial charge on any atom is -0.506 e. The predicted molar refractivity (Wildman–Crippen MR) is 105 cm³/mol. The molecule has 3 aromatic rings. The van der Waals surface area contributed by atoms with E-state index in [9.17, 15) is 28.9 Å². The summed E-state index contributed by atoms with van der Waals surface area (Å²) >= 11 is 0. The molecule has 0 saturated carbocycles. The molecule has 0 fully saturated rings. The summed E-state index contributed by atoms with van der Waals surface area (Å²) in [5.74, 6) is -5.71. The van der Waals surface area contributed by atoms with E-state index in [2.05, 4.69) is 15.5 Å². The van der Waals surface area contributed by atoms with Crippen molar-refractivity contribution in [3.05, 3.63) is 47.6 Å². The molecule has 0 radical (unpaired) electrons. The number of aromatic nitrogens is 3. The van der Waals surface area contributed by atoms with Crippen LogP contribution in [0.1, 0.15) is 37.0 Å². The van der Waals surface area contributed by atoms with Gasteiger partial charge in [0, 0.05) is 30.1 Å². The largest absolute Gasteiger partial charge is 0.506 e. The Morgan fingerprint density at radius 3 is 2.61 bits per heavy atom. The number of aryl methyl sites for hydroxylation is 1. The smallest absolute Gasteiger partial charge is 0.332 e. The van der Waals surface area contributed by atoms with Gasteiger partial charge in [0.15, 0.2) is 6.29 Å². The number of aliphatic hydroxyl groups excluding tert-OH is 1. The number of hydrogen-bond acceptors (Lipinski definition) is 7. The number of carbonyl (C=O) groups is 1. The molecule has 0 atom stereocenters. The Balaban J connectivity index is 1.83. The van der Waals surface area contributed by atoms with E-state index in [-0.39, 0.29) is 28.5 Å². The number of nitrogens with one attached hydrogen (secondary N) is 1. The van der Waals surface area contributed by atoms with Gasteiger partial charge in [0.1, 0.15) is 17.2 Å². The first-order valence-electron chi connectivity index (χ1n) is 9.54. The molecule has 0 bridgehead atoms. The second kappa shape index (κ2) is 8.82. The lowest BCUT2D eigenvalue weighted by molar-refractivity contribution is -0.139. The highest BCUT2D eigenvalue weighted by molar-refractivity contribution is 5.96. The van der Waals surface area contributed by atoms with Crippen LogP contribution in [-0.2, 0) is 24.2 Å². The van der Waals surface area contributed by atoms with Crippen LogP contribution in [0.4, 0.5) is 14.5 Å². The van der Waals surface area contributed by atoms with Gasteiger partial charge in [-0.1, -0.05) is 12.1 Å². The van der Waals surface area contributed by atoms with Gasteiger partial charge in [-0.15, -0.1) is 0 Å². The molecule has 9 nitrogen and oxygen atoms in total. The van der Waals surface area contributed by atoms with Crippen LogP contribution in [-0.4, -0.2) is 41.9 Å². The van der Waals surface area contributed by atoms with Gasteiger partial charge in [0.25, 0.3) is 5.91 Å². The summed E-state index contributed by atoms with van der Waals surface area (Å²) in [6, 6.07) is 2.86. The number of pyridine rings is 1. The van der Waals surface area contributed by atoms with E-state index >= 15 is 0 Å². The Labute approximate surface area is 175 Å². The van der Waals surface area contributed by atoms with Gasteiger partial charge in [-0.05, 0) is 25.5 Å². The topological polar surface area (TPSA) is 134 Å². The van der Waals surface area contributed by atoms with Gasteiger partial charge in [-0.3, -0.25) is 9.78 Å². The Hall–Kier alpha value is -3.31. The fraction of sp³-hybridized carbons (Fsp3) is 0.350. The number of carbonyl (C=O) groups excluding carboxylic acids is 1. The minimum atomic E-state index is -3.87. The molecule has 31 heavy (non-hydrogen) atoms. The Morgan fingerprint density at radius 1 is 1.29 bits per heavy atom. The average molecular weight is 436 g/mol. The van der Waals surface area contributed by atoms with Crippen molar-refractivity contribution in [2.24, 2.45) is 0 Å². The van der Waals surface area contributed by atoms with Gasteiger partial charge >= 0.3 is 5.92 Å². The lowest BCUT2D eigenvalue weighted by atomic mass is 10.0. The van der Waals surface area contributed by atoms with Gasteiger partial charge in [-0.25, -0.2) is 0 Å². The highest BCUT2D eigenvalue weighted by Gasteiger charge is 2.42. The van der Waals surface area contributed by atoms with Gasteiger partial charge in [0.05, 0.1) is 24.0 Å². The van der Waals surface area contributed by atoms with Crippen molar-refractivity contribution in [2.75, 3.05) is 5.32 Å². The maximum Gasteiger partial charge on any atom is 0.332 e. The first kappa shape index (κ1) is 22.4. The minimum absolute atomic E-state index is 0.0574. The van der Waals surface area contributed by atoms with Crippen molar-refractivity contribution in [3.8, 4) is 17.1 Å². The lowest BCUT2D eigenvalue weighted by Crippen LogP contribution is -2.37. The van der Waals surface area contributed by atoms with Crippen LogP contribution < -0.4 is 5.32 Å². The van der Waals surface area contributed by atoms with Crippen molar-refractivity contribution >= 4 is 11.6 Å². The SMILES string of the molecule is CCc1c(-c2ccc(O)cn2)noc1CC(F)(F)C(=O)Nc1cn(CC)cc1C(O)O. The summed E-state index contributed by atoms with van der Waals surface area (Å²) < 4.78 is 36.0. The van der Waals surface area contributed by atoms with E-state index in [1.807, 2.05) is 0 Å². The number of hydrogen-bond donors (Lipinski definition) is 4. The molecule has 3 rings (SSSR count). The van der Waals surface area contributed by atoms with E-state index in [4.69, 9.17) is 4.52 Å². The van der Waals surface area contributed by atoms with E-state index in [1.54, 1.807) is 13.8 Å². The molecule has 4 N–H and O–H groups in total. The molecule has 0 aliphatic heterocycles. The fourth-order valence-corrected chi connectivity index (χ4v) is 3.09. The highest BCUT2D eigenvalue weighted by atomic mass is 19.3. The zero-order valence-corrected chi connectivity index (χ0v) is 16.8. The molecule has 0 aliphatic carbocycles. The molecule has 166 valence electrons. The summed E-state index contributed by atoms with van der Waals surface area (Å²) in [4.78, 5) is 16.3. The summed E-state index contributed by atoms with van der Waals surface area (Å²) in [5.41, 5.74) is 0.734. The zero-order valence-electron chi connectivity index (χ0n) is 16.8. The standard InChI is InChI=1S/C20H22F2N4O5/c1-3-12-16(31-25-17(12)14-6-5-11(27)8-23-14)7-20(21,22)19(30)24-15-10-26(4-2)9-13(15)18(28)29/h5-6,8-10,18,27-29H,3-4,7H2,1-2H3,(H,24,30). The molecule has 0 spiro atoms. The van der Waals surface area contributed by atoms with Crippen LogP contribution in [0.2, 0.25) is 0 Å². The fourth-order valence-electron chi connectivity index (χ4n) is 3.09. The van der Waals surface area contributed by atoms with Gasteiger partial charge in [-0.2, -0.15) is 8.78 Å². The number of amides is 1. The number of rotatable bonds is 8. The van der Waals surface area contributed by atoms with Crippen molar-refractivity contribution in [3.63, 3.8) is 0 Å². The van der Waals surface area contributed by atoms with Crippen LogP contribution >= 0.6 is 0 Å². The van der Waals surface area contributed by atoms with Gasteiger partial charge in [0.2, 0.25) is 0 Å². The first-order valence-corrected chi connectivity index (χ1v) is 9.54. The molecule has 0 aromatic carbocycles. The summed E-state index contributed by atoms with van der Waals surface area (Å²) in [6.07, 6.45) is 1.20. The third-order valence-corrected chi connectivity index (χ3v) is 4.73.